The molecule has 0 amide bonds. The molecule has 0 spiro atoms. The fourth-order valence-corrected chi connectivity index (χ4v) is 1.56. The van der Waals surface area contributed by atoms with Crippen molar-refractivity contribution in [3.05, 3.63) is 52.7 Å². The zero-order chi connectivity index (χ0) is 8.77. The molecule has 0 fully saturated rings. The van der Waals surface area contributed by atoms with Crippen molar-refractivity contribution in [3.8, 4) is 0 Å². The summed E-state index contributed by atoms with van der Waals surface area (Å²) in [6.07, 6.45) is 9.17. The van der Waals surface area contributed by atoms with Gasteiger partial charge in [0, 0.05) is 24.6 Å². The van der Waals surface area contributed by atoms with E-state index >= 15 is 0 Å². The van der Waals surface area contributed by atoms with Crippen LogP contribution in [-0.4, -0.2) is 4.65 Å². The van der Waals surface area contributed by atoms with Gasteiger partial charge in [-0.2, -0.15) is 0 Å². The Balaban J connectivity index is 2.58. The largest absolute Gasteiger partial charge is 0.617 e. The van der Waals surface area contributed by atoms with Crippen LogP contribution in [0.1, 0.15) is 13.8 Å². The van der Waals surface area contributed by atoms with E-state index in [1.165, 1.54) is 0 Å². The average Bonchev–Trinajstić information content (AvgIpc) is 2.28. The Morgan fingerprint density at radius 2 is 2.00 bits per heavy atom. The van der Waals surface area contributed by atoms with E-state index in [2.05, 4.69) is 0 Å². The van der Waals surface area contributed by atoms with Crippen molar-refractivity contribution in [3.63, 3.8) is 0 Å². The number of allylic oxidation sites excluding steroid dienone is 6. The van der Waals surface area contributed by atoms with Gasteiger partial charge < -0.3 is 5.21 Å². The van der Waals surface area contributed by atoms with E-state index in [9.17, 15) is 5.21 Å². The minimum absolute atomic E-state index is 0.387. The van der Waals surface area contributed by atoms with Gasteiger partial charge in [-0.05, 0) is 13.0 Å². The van der Waals surface area contributed by atoms with E-state index in [0.717, 1.165) is 17.0 Å². The maximum absolute atomic E-state index is 12.1. The Labute approximate surface area is 72.0 Å². The molecule has 2 aliphatic heterocycles. The minimum atomic E-state index is -0.387. The van der Waals surface area contributed by atoms with Crippen LogP contribution in [0.25, 0.3) is 0 Å². The molecule has 1 atom stereocenters. The first kappa shape index (κ1) is 7.53. The summed E-state index contributed by atoms with van der Waals surface area (Å²) in [5.74, 6) is 0. The summed E-state index contributed by atoms with van der Waals surface area (Å²) in [5, 5.41) is 12.1. The van der Waals surface area contributed by atoms with Crippen molar-refractivity contribution < 1.29 is 4.65 Å². The highest BCUT2D eigenvalue weighted by atomic mass is 16.5. The highest BCUT2D eigenvalue weighted by Gasteiger charge is 2.30. The molecule has 0 saturated heterocycles. The van der Waals surface area contributed by atoms with Crippen LogP contribution >= 0.6 is 0 Å². The van der Waals surface area contributed by atoms with Crippen molar-refractivity contribution in [2.24, 2.45) is 0 Å². The lowest BCUT2D eigenvalue weighted by molar-refractivity contribution is -0.741. The van der Waals surface area contributed by atoms with Crippen molar-refractivity contribution >= 4 is 0 Å². The van der Waals surface area contributed by atoms with E-state index in [4.69, 9.17) is 0 Å². The molecule has 0 aromatic heterocycles. The van der Waals surface area contributed by atoms with Gasteiger partial charge in [-0.15, -0.1) is 0 Å². The number of hydroxylamine groups is 3. The standard InChI is InChI=1S/C10H11NO/c1-8-7-10-5-3-4-6-11(10,12)9(8)2/h3-7H,1-2H3. The molecular formula is C10H11NO. The smallest absolute Gasteiger partial charge is 0.142 e. The molecule has 0 N–H and O–H groups in total. The number of quaternary nitrogens is 1. The quantitative estimate of drug-likeness (QED) is 0.395. The summed E-state index contributed by atoms with van der Waals surface area (Å²) in [6, 6.07) is 0. The number of fused-ring (bicyclic) bond motifs is 1. The van der Waals surface area contributed by atoms with Crippen molar-refractivity contribution in [1.29, 1.82) is 0 Å². The number of hydrogen-bond donors (Lipinski definition) is 0. The number of rotatable bonds is 0. The van der Waals surface area contributed by atoms with Crippen LogP contribution in [0.2, 0.25) is 0 Å². The van der Waals surface area contributed by atoms with Crippen molar-refractivity contribution in [1.82, 2.24) is 0 Å². The predicted octanol–water partition coefficient (Wildman–Crippen LogP) is 2.58. The maximum Gasteiger partial charge on any atom is 0.142 e. The van der Waals surface area contributed by atoms with Gasteiger partial charge in [0.25, 0.3) is 0 Å². The first-order chi connectivity index (χ1) is 5.64. The Morgan fingerprint density at radius 1 is 1.25 bits per heavy atom. The fourth-order valence-electron chi connectivity index (χ4n) is 1.56. The van der Waals surface area contributed by atoms with Crippen LogP contribution in [-0.2, 0) is 0 Å². The molecule has 2 heterocycles. The van der Waals surface area contributed by atoms with Crippen LogP contribution < -0.4 is 0 Å². The molecule has 0 aliphatic carbocycles. The summed E-state index contributed by atoms with van der Waals surface area (Å²) in [6.45, 7) is 3.86. The molecule has 12 heavy (non-hydrogen) atoms. The first-order valence-electron chi connectivity index (χ1n) is 4.00. The molecular weight excluding hydrogens is 150 g/mol. The van der Waals surface area contributed by atoms with Crippen molar-refractivity contribution in [2.75, 3.05) is 0 Å². The van der Waals surface area contributed by atoms with Crippen LogP contribution in [0.3, 0.4) is 0 Å². The lowest BCUT2D eigenvalue weighted by atomic mass is 10.2. The molecule has 0 aromatic rings. The zero-order valence-corrected chi connectivity index (χ0v) is 7.24. The second-order valence-corrected chi connectivity index (χ2v) is 3.20. The van der Waals surface area contributed by atoms with Crippen LogP contribution in [0.15, 0.2) is 47.5 Å². The molecule has 0 aromatic carbocycles. The van der Waals surface area contributed by atoms with E-state index in [0.29, 0.717) is 0 Å². The molecule has 2 rings (SSSR count). The Kier molecular flexibility index (Phi) is 1.37. The SMILES string of the molecule is CC1=C(C)[N+]2([O-])C=CC=CC2=C1. The average molecular weight is 161 g/mol. The number of nitrogens with zero attached hydrogens (tertiary/aromatic N) is 1. The summed E-state index contributed by atoms with van der Waals surface area (Å²) in [4.78, 5) is 0. The number of hydrogen-bond acceptors (Lipinski definition) is 1. The Hall–Kier alpha value is -1.12. The van der Waals surface area contributed by atoms with Gasteiger partial charge >= 0.3 is 0 Å². The van der Waals surface area contributed by atoms with Gasteiger partial charge in [0.05, 0.1) is 0 Å². The highest BCUT2D eigenvalue weighted by molar-refractivity contribution is 5.37. The van der Waals surface area contributed by atoms with Gasteiger partial charge in [-0.1, -0.05) is 6.08 Å². The summed E-state index contributed by atoms with van der Waals surface area (Å²) < 4.78 is -0.387. The van der Waals surface area contributed by atoms with Crippen molar-refractivity contribution in [2.45, 2.75) is 13.8 Å². The summed E-state index contributed by atoms with van der Waals surface area (Å²) >= 11 is 0. The van der Waals surface area contributed by atoms with E-state index in [1.807, 2.05) is 32.1 Å². The Morgan fingerprint density at radius 3 is 2.67 bits per heavy atom. The topological polar surface area (TPSA) is 23.1 Å². The lowest BCUT2D eigenvalue weighted by Crippen LogP contribution is -2.30. The van der Waals surface area contributed by atoms with Crippen LogP contribution in [0, 0.1) is 5.21 Å². The van der Waals surface area contributed by atoms with E-state index in [-0.39, 0.29) is 4.65 Å². The van der Waals surface area contributed by atoms with Gasteiger partial charge in [-0.25, -0.2) is 0 Å². The van der Waals surface area contributed by atoms with Gasteiger partial charge in [0.1, 0.15) is 17.6 Å². The molecule has 62 valence electrons. The van der Waals surface area contributed by atoms with E-state index in [1.54, 1.807) is 12.3 Å². The maximum atomic E-state index is 12.1. The third kappa shape index (κ3) is 0.763. The molecule has 0 bridgehead atoms. The normalized spacial score (nSPS) is 32.4. The van der Waals surface area contributed by atoms with Gasteiger partial charge in [-0.3, -0.25) is 4.65 Å². The molecule has 2 aliphatic rings. The Bertz CT molecular complexity index is 347. The first-order valence-corrected chi connectivity index (χ1v) is 4.00. The second kappa shape index (κ2) is 2.19. The highest BCUT2D eigenvalue weighted by Crippen LogP contribution is 2.36. The van der Waals surface area contributed by atoms with E-state index < -0.39 is 0 Å². The minimum Gasteiger partial charge on any atom is -0.617 e. The molecule has 1 unspecified atom stereocenters. The lowest BCUT2D eigenvalue weighted by Gasteiger charge is -2.37. The zero-order valence-electron chi connectivity index (χ0n) is 7.24. The second-order valence-electron chi connectivity index (χ2n) is 3.20. The molecule has 0 radical (unpaired) electrons. The summed E-state index contributed by atoms with van der Waals surface area (Å²) in [7, 11) is 0. The van der Waals surface area contributed by atoms with Gasteiger partial charge in [0.15, 0.2) is 0 Å². The molecule has 0 saturated carbocycles. The third-order valence-corrected chi connectivity index (χ3v) is 2.49. The fraction of sp³-hybridized carbons (Fsp3) is 0.200. The molecule has 2 heteroatoms. The van der Waals surface area contributed by atoms with Crippen LogP contribution in [0.4, 0.5) is 0 Å². The third-order valence-electron chi connectivity index (χ3n) is 2.49. The van der Waals surface area contributed by atoms with Crippen LogP contribution in [0.5, 0.6) is 0 Å². The predicted molar refractivity (Wildman–Crippen MR) is 48.4 cm³/mol. The van der Waals surface area contributed by atoms with Gasteiger partial charge in [0.2, 0.25) is 0 Å². The molecule has 2 nitrogen and oxygen atoms in total. The summed E-state index contributed by atoms with van der Waals surface area (Å²) in [5.41, 5.74) is 2.76. The monoisotopic (exact) mass is 161 g/mol.